The maximum absolute atomic E-state index is 13.3. The van der Waals surface area contributed by atoms with E-state index in [9.17, 15) is 9.18 Å². The summed E-state index contributed by atoms with van der Waals surface area (Å²) in [5.74, 6) is -0.320. The predicted molar refractivity (Wildman–Crippen MR) is 53.7 cm³/mol. The van der Waals surface area contributed by atoms with E-state index in [4.69, 9.17) is 4.74 Å². The van der Waals surface area contributed by atoms with Crippen molar-refractivity contribution in [2.75, 3.05) is 7.11 Å². The molecule has 0 aliphatic carbocycles. The van der Waals surface area contributed by atoms with E-state index in [-0.39, 0.29) is 5.82 Å². The lowest BCUT2D eigenvalue weighted by molar-refractivity contribution is 0.112. The van der Waals surface area contributed by atoms with Gasteiger partial charge < -0.3 is 4.74 Å². The van der Waals surface area contributed by atoms with Gasteiger partial charge in [-0.15, -0.1) is 0 Å². The monoisotopic (exact) mass is 210 g/mol. The quantitative estimate of drug-likeness (QED) is 0.712. The van der Waals surface area contributed by atoms with Gasteiger partial charge in [-0.2, -0.15) is 0 Å². The number of thiophene rings is 1. The normalized spacial score (nSPS) is 10.4. The molecule has 72 valence electrons. The Kier molecular flexibility index (Phi) is 2.21. The van der Waals surface area contributed by atoms with Gasteiger partial charge in [-0.05, 0) is 12.1 Å². The molecule has 0 N–H and O–H groups in total. The molecule has 0 saturated heterocycles. The van der Waals surface area contributed by atoms with Crippen LogP contribution >= 0.6 is 11.3 Å². The van der Waals surface area contributed by atoms with Crippen molar-refractivity contribution in [1.82, 2.24) is 0 Å². The number of benzene rings is 1. The lowest BCUT2D eigenvalue weighted by Crippen LogP contribution is -1.82. The Balaban J connectivity index is 2.81. The van der Waals surface area contributed by atoms with Crippen LogP contribution in [0.2, 0.25) is 0 Å². The number of fused-ring (bicyclic) bond motifs is 1. The maximum Gasteiger partial charge on any atom is 0.174 e. The van der Waals surface area contributed by atoms with Crippen molar-refractivity contribution in [2.24, 2.45) is 0 Å². The summed E-state index contributed by atoms with van der Waals surface area (Å²) in [6, 6.07) is 4.44. The number of hydrogen-bond donors (Lipinski definition) is 0. The van der Waals surface area contributed by atoms with E-state index in [1.165, 1.54) is 30.6 Å². The summed E-state index contributed by atoms with van der Waals surface area (Å²) >= 11 is 1.20. The minimum Gasteiger partial charge on any atom is -0.487 e. The summed E-state index contributed by atoms with van der Waals surface area (Å²) in [5.41, 5.74) is 0.487. The second kappa shape index (κ2) is 3.38. The van der Waals surface area contributed by atoms with Crippen LogP contribution < -0.4 is 4.74 Å². The van der Waals surface area contributed by atoms with Gasteiger partial charge in [-0.3, -0.25) is 4.79 Å². The lowest BCUT2D eigenvalue weighted by atomic mass is 10.1. The number of carbonyl (C=O) groups is 1. The first kappa shape index (κ1) is 9.15. The standard InChI is InChI=1S/C10H7FO2S/c1-13-9-4-7-6(5-12)2-3-8(11)10(7)14-9/h2-5H,1H3. The Bertz CT molecular complexity index is 490. The number of ether oxygens (including phenoxy) is 1. The van der Waals surface area contributed by atoms with Gasteiger partial charge in [0.2, 0.25) is 0 Å². The van der Waals surface area contributed by atoms with Crippen molar-refractivity contribution >= 4 is 27.7 Å². The number of hydrogen-bond acceptors (Lipinski definition) is 3. The molecule has 0 bridgehead atoms. The molecule has 1 aromatic heterocycles. The molecule has 0 spiro atoms. The molecule has 0 aliphatic heterocycles. The molecule has 2 nitrogen and oxygen atoms in total. The largest absolute Gasteiger partial charge is 0.487 e. The summed E-state index contributed by atoms with van der Waals surface area (Å²) in [6.07, 6.45) is 0.716. The molecule has 0 radical (unpaired) electrons. The van der Waals surface area contributed by atoms with Crippen LogP contribution in [-0.4, -0.2) is 13.4 Å². The van der Waals surface area contributed by atoms with Crippen molar-refractivity contribution in [3.8, 4) is 5.06 Å². The summed E-state index contributed by atoms with van der Waals surface area (Å²) in [5, 5.41) is 1.22. The second-order valence-corrected chi connectivity index (χ2v) is 3.78. The van der Waals surface area contributed by atoms with Gasteiger partial charge >= 0.3 is 0 Å². The smallest absolute Gasteiger partial charge is 0.174 e. The molecule has 2 aromatic rings. The van der Waals surface area contributed by atoms with Crippen LogP contribution in [0.15, 0.2) is 18.2 Å². The topological polar surface area (TPSA) is 26.3 Å². The van der Waals surface area contributed by atoms with Gasteiger partial charge in [0, 0.05) is 17.0 Å². The average Bonchev–Trinajstić information content (AvgIpc) is 2.63. The van der Waals surface area contributed by atoms with E-state index < -0.39 is 0 Å². The zero-order valence-corrected chi connectivity index (χ0v) is 8.23. The molecule has 0 aliphatic rings. The zero-order chi connectivity index (χ0) is 10.1. The number of rotatable bonds is 2. The first-order chi connectivity index (χ1) is 6.76. The Labute approximate surface area is 83.9 Å². The van der Waals surface area contributed by atoms with E-state index in [0.717, 1.165) is 0 Å². The number of halogens is 1. The van der Waals surface area contributed by atoms with Gasteiger partial charge in [-0.1, -0.05) is 11.3 Å². The summed E-state index contributed by atoms with van der Waals surface area (Å²) in [4.78, 5) is 10.7. The second-order valence-electron chi connectivity index (χ2n) is 2.77. The molecule has 1 heterocycles. The van der Waals surface area contributed by atoms with E-state index in [1.54, 1.807) is 6.07 Å². The number of methoxy groups -OCH3 is 1. The Hall–Kier alpha value is -1.42. The van der Waals surface area contributed by atoms with Crippen molar-refractivity contribution < 1.29 is 13.9 Å². The highest BCUT2D eigenvalue weighted by Gasteiger charge is 2.10. The SMILES string of the molecule is COc1cc2c(C=O)ccc(F)c2s1. The van der Waals surface area contributed by atoms with Gasteiger partial charge in [0.1, 0.15) is 5.82 Å². The van der Waals surface area contributed by atoms with E-state index in [2.05, 4.69) is 0 Å². The summed E-state index contributed by atoms with van der Waals surface area (Å²) in [6.45, 7) is 0. The molecule has 2 rings (SSSR count). The van der Waals surface area contributed by atoms with E-state index >= 15 is 0 Å². The number of aldehydes is 1. The third-order valence-electron chi connectivity index (χ3n) is 1.97. The summed E-state index contributed by atoms with van der Waals surface area (Å²) in [7, 11) is 1.52. The Morgan fingerprint density at radius 3 is 2.93 bits per heavy atom. The van der Waals surface area contributed by atoms with Gasteiger partial charge in [0.15, 0.2) is 11.3 Å². The Morgan fingerprint density at radius 2 is 2.29 bits per heavy atom. The molecule has 0 fully saturated rings. The summed E-state index contributed by atoms with van der Waals surface area (Å²) < 4.78 is 18.7. The van der Waals surface area contributed by atoms with Crippen molar-refractivity contribution in [1.29, 1.82) is 0 Å². The first-order valence-corrected chi connectivity index (χ1v) is 4.79. The van der Waals surface area contributed by atoms with E-state index in [0.29, 0.717) is 27.0 Å². The predicted octanol–water partition coefficient (Wildman–Crippen LogP) is 2.86. The fourth-order valence-electron chi connectivity index (χ4n) is 1.29. The van der Waals surface area contributed by atoms with Crippen LogP contribution in [0.1, 0.15) is 10.4 Å². The van der Waals surface area contributed by atoms with Gasteiger partial charge in [0.05, 0.1) is 11.8 Å². The van der Waals surface area contributed by atoms with Crippen LogP contribution in [0.4, 0.5) is 4.39 Å². The third-order valence-corrected chi connectivity index (χ3v) is 3.08. The first-order valence-electron chi connectivity index (χ1n) is 3.97. The highest BCUT2D eigenvalue weighted by atomic mass is 32.1. The van der Waals surface area contributed by atoms with Crippen molar-refractivity contribution in [3.63, 3.8) is 0 Å². The highest BCUT2D eigenvalue weighted by molar-refractivity contribution is 7.20. The van der Waals surface area contributed by atoms with E-state index in [1.807, 2.05) is 0 Å². The van der Waals surface area contributed by atoms with Crippen LogP contribution in [0, 0.1) is 5.82 Å². The molecule has 0 saturated carbocycles. The zero-order valence-electron chi connectivity index (χ0n) is 7.41. The molecule has 4 heteroatoms. The minimum atomic E-state index is -0.320. The van der Waals surface area contributed by atoms with Crippen LogP contribution in [0.5, 0.6) is 5.06 Å². The molecular weight excluding hydrogens is 203 g/mol. The molecule has 0 unspecified atom stereocenters. The highest BCUT2D eigenvalue weighted by Crippen LogP contribution is 2.34. The molecular formula is C10H7FO2S. The Morgan fingerprint density at radius 1 is 1.50 bits per heavy atom. The van der Waals surface area contributed by atoms with Gasteiger partial charge in [-0.25, -0.2) is 4.39 Å². The van der Waals surface area contributed by atoms with Gasteiger partial charge in [0.25, 0.3) is 0 Å². The lowest BCUT2D eigenvalue weighted by Gasteiger charge is -1.93. The molecule has 0 amide bonds. The molecule has 14 heavy (non-hydrogen) atoms. The maximum atomic E-state index is 13.3. The van der Waals surface area contributed by atoms with Crippen LogP contribution in [-0.2, 0) is 0 Å². The fraction of sp³-hybridized carbons (Fsp3) is 0.100. The van der Waals surface area contributed by atoms with Crippen LogP contribution in [0.25, 0.3) is 10.1 Å². The van der Waals surface area contributed by atoms with Crippen LogP contribution in [0.3, 0.4) is 0 Å². The van der Waals surface area contributed by atoms with Crippen molar-refractivity contribution in [2.45, 2.75) is 0 Å². The number of carbonyl (C=O) groups excluding carboxylic acids is 1. The minimum absolute atomic E-state index is 0.320. The molecule has 1 aromatic carbocycles. The molecule has 0 atom stereocenters. The fourth-order valence-corrected chi connectivity index (χ4v) is 2.21. The average molecular weight is 210 g/mol. The van der Waals surface area contributed by atoms with Crippen molar-refractivity contribution in [3.05, 3.63) is 29.6 Å². The third kappa shape index (κ3) is 1.28.